The molecular formula is C15H19N3O5S. The van der Waals surface area contributed by atoms with Gasteiger partial charge in [0.15, 0.2) is 0 Å². The van der Waals surface area contributed by atoms with Gasteiger partial charge in [0, 0.05) is 18.3 Å². The van der Waals surface area contributed by atoms with Crippen LogP contribution in [0.1, 0.15) is 13.3 Å². The standard InChI is InChI=1S/C15H19N3O5S/c1-2-7-16-24(22,23)12-5-3-11(4-6-12)17-13-10-14(20)18(8-9-19)15(13)21/h3-6,10,16-17,19H,2,7-9H2,1H3. The molecule has 1 aliphatic rings. The molecule has 3 N–H and O–H groups in total. The number of imide groups is 1. The molecule has 0 unspecified atom stereocenters. The largest absolute Gasteiger partial charge is 0.395 e. The second-order valence-corrected chi connectivity index (χ2v) is 6.89. The van der Waals surface area contributed by atoms with Gasteiger partial charge in [-0.05, 0) is 30.7 Å². The van der Waals surface area contributed by atoms with E-state index >= 15 is 0 Å². The molecular weight excluding hydrogens is 334 g/mol. The summed E-state index contributed by atoms with van der Waals surface area (Å²) < 4.78 is 26.4. The predicted molar refractivity (Wildman–Crippen MR) is 87.4 cm³/mol. The van der Waals surface area contributed by atoms with Crippen molar-refractivity contribution in [1.29, 1.82) is 0 Å². The molecule has 8 nitrogen and oxygen atoms in total. The number of amides is 2. The molecule has 2 rings (SSSR count). The van der Waals surface area contributed by atoms with E-state index in [1.807, 2.05) is 6.92 Å². The summed E-state index contributed by atoms with van der Waals surface area (Å²) in [6.45, 7) is 1.84. The fourth-order valence-electron chi connectivity index (χ4n) is 2.10. The Morgan fingerprint density at radius 2 is 1.83 bits per heavy atom. The molecule has 130 valence electrons. The van der Waals surface area contributed by atoms with Crippen molar-refractivity contribution in [1.82, 2.24) is 9.62 Å². The second-order valence-electron chi connectivity index (χ2n) is 5.12. The Balaban J connectivity index is 2.09. The van der Waals surface area contributed by atoms with E-state index in [1.54, 1.807) is 0 Å². The van der Waals surface area contributed by atoms with Crippen molar-refractivity contribution in [3.63, 3.8) is 0 Å². The van der Waals surface area contributed by atoms with Gasteiger partial charge in [0.1, 0.15) is 5.70 Å². The average Bonchev–Trinajstić information content (AvgIpc) is 2.81. The number of carbonyl (C=O) groups excluding carboxylic acids is 2. The van der Waals surface area contributed by atoms with E-state index in [9.17, 15) is 18.0 Å². The van der Waals surface area contributed by atoms with E-state index in [0.717, 1.165) is 11.0 Å². The van der Waals surface area contributed by atoms with Crippen molar-refractivity contribution in [3.05, 3.63) is 36.0 Å². The zero-order valence-electron chi connectivity index (χ0n) is 13.2. The fourth-order valence-corrected chi connectivity index (χ4v) is 3.24. The first-order valence-electron chi connectivity index (χ1n) is 7.44. The molecule has 1 aromatic rings. The highest BCUT2D eigenvalue weighted by Crippen LogP contribution is 2.19. The Morgan fingerprint density at radius 3 is 2.42 bits per heavy atom. The number of aliphatic hydroxyl groups excluding tert-OH is 1. The van der Waals surface area contributed by atoms with Crippen LogP contribution < -0.4 is 10.0 Å². The monoisotopic (exact) mass is 353 g/mol. The molecule has 24 heavy (non-hydrogen) atoms. The summed E-state index contributed by atoms with van der Waals surface area (Å²) in [6, 6.07) is 5.84. The van der Waals surface area contributed by atoms with Gasteiger partial charge in [-0.15, -0.1) is 0 Å². The maximum atomic E-state index is 12.0. The maximum Gasteiger partial charge on any atom is 0.277 e. The summed E-state index contributed by atoms with van der Waals surface area (Å²) in [7, 11) is -3.55. The number of anilines is 1. The molecule has 0 aliphatic carbocycles. The number of carbonyl (C=O) groups is 2. The molecule has 1 aromatic carbocycles. The van der Waals surface area contributed by atoms with Crippen LogP contribution in [0.2, 0.25) is 0 Å². The molecule has 9 heteroatoms. The summed E-state index contributed by atoms with van der Waals surface area (Å²) in [5.74, 6) is -1.03. The van der Waals surface area contributed by atoms with Crippen molar-refractivity contribution in [2.75, 3.05) is 25.0 Å². The Hall–Kier alpha value is -2.23. The minimum Gasteiger partial charge on any atom is -0.395 e. The number of hydrogen-bond acceptors (Lipinski definition) is 6. The number of hydrogen-bond donors (Lipinski definition) is 3. The molecule has 0 bridgehead atoms. The minimum atomic E-state index is -3.55. The van der Waals surface area contributed by atoms with Crippen LogP contribution in [0.25, 0.3) is 0 Å². The van der Waals surface area contributed by atoms with Crippen LogP contribution in [-0.4, -0.2) is 49.9 Å². The van der Waals surface area contributed by atoms with Gasteiger partial charge in [0.25, 0.3) is 11.8 Å². The molecule has 0 spiro atoms. The molecule has 1 heterocycles. The topological polar surface area (TPSA) is 116 Å². The Labute approximate surface area is 140 Å². The van der Waals surface area contributed by atoms with Gasteiger partial charge in [-0.25, -0.2) is 13.1 Å². The maximum absolute atomic E-state index is 12.0. The van der Waals surface area contributed by atoms with Crippen molar-refractivity contribution < 1.29 is 23.1 Å². The van der Waals surface area contributed by atoms with Crippen LogP contribution in [0.15, 0.2) is 40.9 Å². The molecule has 0 atom stereocenters. The van der Waals surface area contributed by atoms with Crippen molar-refractivity contribution in [2.45, 2.75) is 18.2 Å². The molecule has 0 saturated heterocycles. The van der Waals surface area contributed by atoms with Gasteiger partial charge in [-0.1, -0.05) is 6.92 Å². The number of β-amino-alcohol motifs (C(OH)–C–C–N with tert-alkyl or cyclic N) is 1. The molecule has 2 amide bonds. The fraction of sp³-hybridized carbons (Fsp3) is 0.333. The molecule has 0 saturated carbocycles. The lowest BCUT2D eigenvalue weighted by molar-refractivity contribution is -0.137. The summed E-state index contributed by atoms with van der Waals surface area (Å²) in [5.41, 5.74) is 0.552. The van der Waals surface area contributed by atoms with E-state index < -0.39 is 21.8 Å². The highest BCUT2D eigenvalue weighted by molar-refractivity contribution is 7.89. The van der Waals surface area contributed by atoms with Gasteiger partial charge >= 0.3 is 0 Å². The smallest absolute Gasteiger partial charge is 0.277 e. The number of rotatable bonds is 8. The first-order chi connectivity index (χ1) is 11.4. The zero-order valence-corrected chi connectivity index (χ0v) is 14.0. The van der Waals surface area contributed by atoms with E-state index in [2.05, 4.69) is 10.0 Å². The van der Waals surface area contributed by atoms with E-state index in [-0.39, 0.29) is 23.7 Å². The molecule has 0 radical (unpaired) electrons. The summed E-state index contributed by atoms with van der Waals surface area (Å²) in [6.07, 6.45) is 1.83. The van der Waals surface area contributed by atoms with E-state index in [0.29, 0.717) is 18.7 Å². The summed E-state index contributed by atoms with van der Waals surface area (Å²) in [5, 5.41) is 11.6. The zero-order chi connectivity index (χ0) is 17.7. The number of benzene rings is 1. The lowest BCUT2D eigenvalue weighted by Crippen LogP contribution is -2.34. The van der Waals surface area contributed by atoms with Gasteiger partial charge in [-0.2, -0.15) is 0 Å². The van der Waals surface area contributed by atoms with Gasteiger partial charge < -0.3 is 10.4 Å². The third-order valence-corrected chi connectivity index (χ3v) is 4.80. The quantitative estimate of drug-likeness (QED) is 0.568. The van der Waals surface area contributed by atoms with E-state index in [1.165, 1.54) is 24.3 Å². The normalized spacial score (nSPS) is 14.9. The average molecular weight is 353 g/mol. The van der Waals surface area contributed by atoms with Gasteiger partial charge in [-0.3, -0.25) is 14.5 Å². The van der Waals surface area contributed by atoms with Crippen LogP contribution in [-0.2, 0) is 19.6 Å². The third-order valence-electron chi connectivity index (χ3n) is 3.32. The Morgan fingerprint density at radius 1 is 1.17 bits per heavy atom. The molecule has 0 fully saturated rings. The molecule has 1 aliphatic heterocycles. The summed E-state index contributed by atoms with van der Waals surface area (Å²) in [4.78, 5) is 24.7. The van der Waals surface area contributed by atoms with Gasteiger partial charge in [0.2, 0.25) is 10.0 Å². The van der Waals surface area contributed by atoms with Crippen LogP contribution in [0.4, 0.5) is 5.69 Å². The highest BCUT2D eigenvalue weighted by Gasteiger charge is 2.30. The van der Waals surface area contributed by atoms with Crippen molar-refractivity contribution >= 4 is 27.5 Å². The van der Waals surface area contributed by atoms with Crippen LogP contribution >= 0.6 is 0 Å². The predicted octanol–water partition coefficient (Wildman–Crippen LogP) is 0.0318. The first-order valence-corrected chi connectivity index (χ1v) is 8.92. The lowest BCUT2D eigenvalue weighted by atomic mass is 10.3. The Kier molecular flexibility index (Phi) is 5.71. The van der Waals surface area contributed by atoms with Gasteiger partial charge in [0.05, 0.1) is 18.0 Å². The third kappa shape index (κ3) is 3.99. The molecule has 0 aromatic heterocycles. The number of nitrogens with one attached hydrogen (secondary N) is 2. The van der Waals surface area contributed by atoms with Crippen LogP contribution in [0.5, 0.6) is 0 Å². The Bertz CT molecular complexity index is 756. The number of aliphatic hydroxyl groups is 1. The number of sulfonamides is 1. The van der Waals surface area contributed by atoms with Crippen LogP contribution in [0.3, 0.4) is 0 Å². The lowest BCUT2D eigenvalue weighted by Gasteiger charge is -2.13. The van der Waals surface area contributed by atoms with Crippen LogP contribution in [0, 0.1) is 0 Å². The number of nitrogens with zero attached hydrogens (tertiary/aromatic N) is 1. The summed E-state index contributed by atoms with van der Waals surface area (Å²) >= 11 is 0. The minimum absolute atomic E-state index is 0.0698. The second kappa shape index (κ2) is 7.56. The van der Waals surface area contributed by atoms with Crippen molar-refractivity contribution in [3.8, 4) is 0 Å². The van der Waals surface area contributed by atoms with Crippen molar-refractivity contribution in [2.24, 2.45) is 0 Å². The first kappa shape index (κ1) is 18.1. The highest BCUT2D eigenvalue weighted by atomic mass is 32.2. The SMILES string of the molecule is CCCNS(=O)(=O)c1ccc(NC2=CC(=O)N(CCO)C2=O)cc1. The van der Waals surface area contributed by atoms with E-state index in [4.69, 9.17) is 5.11 Å².